The standard InChI is InChI=1S/C11H16N8S2/c1-19(2)9-15-7(14-8(12)16-9)5-20-11-18-17-10(21-11)13-6-3-4-6/h6H,3-5H2,1-2H3,(H,13,17)(H2,12,14,15,16). The molecule has 2 aromatic heterocycles. The van der Waals surface area contributed by atoms with Crippen molar-refractivity contribution in [1.82, 2.24) is 25.1 Å². The van der Waals surface area contributed by atoms with Gasteiger partial charge in [0.2, 0.25) is 17.0 Å². The van der Waals surface area contributed by atoms with Crippen LogP contribution in [0.2, 0.25) is 0 Å². The molecule has 112 valence electrons. The summed E-state index contributed by atoms with van der Waals surface area (Å²) in [5.74, 6) is 2.03. The number of thioether (sulfide) groups is 1. The fourth-order valence-electron chi connectivity index (χ4n) is 1.54. The van der Waals surface area contributed by atoms with Crippen LogP contribution in [0.25, 0.3) is 0 Å². The lowest BCUT2D eigenvalue weighted by molar-refractivity contribution is 0.918. The van der Waals surface area contributed by atoms with Gasteiger partial charge < -0.3 is 16.0 Å². The Bertz CT molecular complexity index is 624. The molecule has 3 rings (SSSR count). The molecule has 0 aliphatic heterocycles. The number of rotatable bonds is 6. The summed E-state index contributed by atoms with van der Waals surface area (Å²) in [4.78, 5) is 14.4. The molecule has 0 bridgehead atoms. The molecule has 1 fully saturated rings. The number of nitrogens with one attached hydrogen (secondary N) is 1. The molecule has 1 aliphatic carbocycles. The molecule has 1 saturated carbocycles. The molecule has 0 unspecified atom stereocenters. The van der Waals surface area contributed by atoms with Gasteiger partial charge in [0, 0.05) is 20.1 Å². The average Bonchev–Trinajstić information content (AvgIpc) is 3.13. The van der Waals surface area contributed by atoms with Crippen molar-refractivity contribution in [3.63, 3.8) is 0 Å². The maximum absolute atomic E-state index is 5.70. The fourth-order valence-corrected chi connectivity index (χ4v) is 3.23. The van der Waals surface area contributed by atoms with Crippen molar-refractivity contribution >= 4 is 40.1 Å². The van der Waals surface area contributed by atoms with Crippen LogP contribution in [0.3, 0.4) is 0 Å². The van der Waals surface area contributed by atoms with Gasteiger partial charge in [-0.15, -0.1) is 10.2 Å². The maximum atomic E-state index is 5.70. The first-order chi connectivity index (χ1) is 10.1. The SMILES string of the molecule is CN(C)c1nc(N)nc(CSc2nnc(NC3CC3)s2)n1. The summed E-state index contributed by atoms with van der Waals surface area (Å²) in [6, 6.07) is 0.585. The van der Waals surface area contributed by atoms with Crippen LogP contribution in [0, 0.1) is 0 Å². The smallest absolute Gasteiger partial charge is 0.229 e. The molecule has 2 heterocycles. The van der Waals surface area contributed by atoms with Crippen LogP contribution in [0.15, 0.2) is 4.34 Å². The van der Waals surface area contributed by atoms with Gasteiger partial charge in [0.1, 0.15) is 5.82 Å². The Morgan fingerprint density at radius 3 is 2.81 bits per heavy atom. The fraction of sp³-hybridized carbons (Fsp3) is 0.545. The normalized spacial score (nSPS) is 14.2. The van der Waals surface area contributed by atoms with Crippen molar-refractivity contribution in [2.45, 2.75) is 29.0 Å². The van der Waals surface area contributed by atoms with E-state index in [1.165, 1.54) is 12.8 Å². The zero-order valence-corrected chi connectivity index (χ0v) is 13.4. The molecular weight excluding hydrogens is 308 g/mol. The lowest BCUT2D eigenvalue weighted by Crippen LogP contribution is -2.15. The van der Waals surface area contributed by atoms with E-state index in [0.717, 1.165) is 9.47 Å². The van der Waals surface area contributed by atoms with Gasteiger partial charge >= 0.3 is 0 Å². The number of nitrogens with zero attached hydrogens (tertiary/aromatic N) is 6. The van der Waals surface area contributed by atoms with E-state index >= 15 is 0 Å². The van der Waals surface area contributed by atoms with Crippen molar-refractivity contribution in [2.24, 2.45) is 0 Å². The number of aromatic nitrogens is 5. The first kappa shape index (κ1) is 14.3. The summed E-state index contributed by atoms with van der Waals surface area (Å²) >= 11 is 3.10. The minimum absolute atomic E-state index is 0.234. The van der Waals surface area contributed by atoms with E-state index in [1.54, 1.807) is 28.0 Å². The quantitative estimate of drug-likeness (QED) is 0.759. The maximum Gasteiger partial charge on any atom is 0.229 e. The summed E-state index contributed by atoms with van der Waals surface area (Å²) in [6.07, 6.45) is 2.44. The third-order valence-corrected chi connectivity index (χ3v) is 4.71. The van der Waals surface area contributed by atoms with Gasteiger partial charge in [-0.3, -0.25) is 0 Å². The summed E-state index contributed by atoms with van der Waals surface area (Å²) < 4.78 is 0.892. The molecule has 0 atom stereocenters. The van der Waals surface area contributed by atoms with Crippen LogP contribution in [0.4, 0.5) is 17.0 Å². The third-order valence-electron chi connectivity index (χ3n) is 2.72. The summed E-state index contributed by atoms with van der Waals surface area (Å²) in [7, 11) is 3.73. The van der Waals surface area contributed by atoms with Gasteiger partial charge in [-0.05, 0) is 12.8 Å². The summed E-state index contributed by atoms with van der Waals surface area (Å²) in [5.41, 5.74) is 5.70. The van der Waals surface area contributed by atoms with Gasteiger partial charge in [-0.1, -0.05) is 23.1 Å². The molecule has 0 amide bonds. The average molecular weight is 324 g/mol. The second-order valence-corrected chi connectivity index (χ2v) is 7.08. The zero-order valence-electron chi connectivity index (χ0n) is 11.8. The minimum atomic E-state index is 0.234. The number of nitrogens with two attached hydrogens (primary N) is 1. The Balaban J connectivity index is 1.62. The monoisotopic (exact) mass is 324 g/mol. The minimum Gasteiger partial charge on any atom is -0.368 e. The van der Waals surface area contributed by atoms with E-state index in [1.807, 2.05) is 14.1 Å². The number of hydrogen-bond acceptors (Lipinski definition) is 10. The first-order valence-electron chi connectivity index (χ1n) is 6.51. The molecule has 0 spiro atoms. The van der Waals surface area contributed by atoms with E-state index in [2.05, 4.69) is 30.5 Å². The van der Waals surface area contributed by atoms with Crippen LogP contribution in [-0.2, 0) is 5.75 Å². The number of nitrogen functional groups attached to an aromatic ring is 1. The molecule has 0 saturated heterocycles. The lowest BCUT2D eigenvalue weighted by Gasteiger charge is -2.10. The van der Waals surface area contributed by atoms with Crippen molar-refractivity contribution in [1.29, 1.82) is 0 Å². The zero-order chi connectivity index (χ0) is 14.8. The van der Waals surface area contributed by atoms with Gasteiger partial charge in [-0.2, -0.15) is 15.0 Å². The molecule has 3 N–H and O–H groups in total. The van der Waals surface area contributed by atoms with Crippen LogP contribution in [0.5, 0.6) is 0 Å². The Labute approximate surface area is 130 Å². The van der Waals surface area contributed by atoms with E-state index in [4.69, 9.17) is 5.73 Å². The predicted molar refractivity (Wildman–Crippen MR) is 84.7 cm³/mol. The Hall–Kier alpha value is -1.68. The van der Waals surface area contributed by atoms with Gasteiger partial charge in [-0.25, -0.2) is 0 Å². The van der Waals surface area contributed by atoms with Crippen molar-refractivity contribution in [3.8, 4) is 0 Å². The highest BCUT2D eigenvalue weighted by atomic mass is 32.2. The topological polar surface area (TPSA) is 106 Å². The highest BCUT2D eigenvalue weighted by molar-refractivity contribution is 8.00. The van der Waals surface area contributed by atoms with Gasteiger partial charge in [0.25, 0.3) is 0 Å². The second-order valence-electron chi connectivity index (χ2n) is 4.88. The largest absolute Gasteiger partial charge is 0.368 e. The number of hydrogen-bond donors (Lipinski definition) is 2. The molecule has 0 radical (unpaired) electrons. The Morgan fingerprint density at radius 1 is 1.29 bits per heavy atom. The highest BCUT2D eigenvalue weighted by Gasteiger charge is 2.22. The van der Waals surface area contributed by atoms with Gasteiger partial charge in [0.15, 0.2) is 4.34 Å². The van der Waals surface area contributed by atoms with E-state index in [-0.39, 0.29) is 5.95 Å². The molecule has 2 aromatic rings. The summed E-state index contributed by atoms with van der Waals surface area (Å²) in [5, 5.41) is 12.5. The lowest BCUT2D eigenvalue weighted by atomic mass is 10.6. The molecular formula is C11H16N8S2. The third kappa shape index (κ3) is 3.91. The van der Waals surface area contributed by atoms with Crippen molar-refractivity contribution in [2.75, 3.05) is 30.0 Å². The first-order valence-corrected chi connectivity index (χ1v) is 8.31. The van der Waals surface area contributed by atoms with Gasteiger partial charge in [0.05, 0.1) is 5.75 Å². The summed E-state index contributed by atoms with van der Waals surface area (Å²) in [6.45, 7) is 0. The Morgan fingerprint density at radius 2 is 2.10 bits per heavy atom. The number of anilines is 3. The van der Waals surface area contributed by atoms with Crippen LogP contribution >= 0.6 is 23.1 Å². The second kappa shape index (κ2) is 5.98. The molecule has 10 heteroatoms. The van der Waals surface area contributed by atoms with E-state index < -0.39 is 0 Å². The molecule has 21 heavy (non-hydrogen) atoms. The van der Waals surface area contributed by atoms with Crippen LogP contribution < -0.4 is 16.0 Å². The van der Waals surface area contributed by atoms with Crippen molar-refractivity contribution < 1.29 is 0 Å². The highest BCUT2D eigenvalue weighted by Crippen LogP contribution is 2.31. The van der Waals surface area contributed by atoms with Crippen molar-refractivity contribution in [3.05, 3.63) is 5.82 Å². The van der Waals surface area contributed by atoms with Crippen LogP contribution in [0.1, 0.15) is 18.7 Å². The Kier molecular flexibility index (Phi) is 4.06. The van der Waals surface area contributed by atoms with Crippen LogP contribution in [-0.4, -0.2) is 45.3 Å². The molecule has 1 aliphatic rings. The molecule has 8 nitrogen and oxygen atoms in total. The van der Waals surface area contributed by atoms with E-state index in [9.17, 15) is 0 Å². The predicted octanol–water partition coefficient (Wildman–Crippen LogP) is 1.24. The molecule has 0 aromatic carbocycles. The van der Waals surface area contributed by atoms with E-state index in [0.29, 0.717) is 23.6 Å².